The first-order chi connectivity index (χ1) is 7.31. The molecule has 0 aromatic carbocycles. The van der Waals surface area contributed by atoms with Crippen LogP contribution >= 0.6 is 23.6 Å². The lowest BCUT2D eigenvalue weighted by Crippen LogP contribution is -2.02. The van der Waals surface area contributed by atoms with Crippen molar-refractivity contribution in [3.8, 4) is 0 Å². The van der Waals surface area contributed by atoms with E-state index in [1.807, 2.05) is 16.7 Å². The topological polar surface area (TPSA) is 33.6 Å². The molecular weight excluding hydrogens is 226 g/mol. The van der Waals surface area contributed by atoms with Crippen molar-refractivity contribution >= 4 is 23.6 Å². The summed E-state index contributed by atoms with van der Waals surface area (Å²) in [7, 11) is 0. The third-order valence-electron chi connectivity index (χ3n) is 2.06. The minimum Gasteiger partial charge on any atom is -0.300 e. The molecule has 2 rings (SSSR count). The molecule has 1 N–H and O–H groups in total. The zero-order chi connectivity index (χ0) is 10.7. The molecule has 78 valence electrons. The Kier molecular flexibility index (Phi) is 3.13. The van der Waals surface area contributed by atoms with E-state index in [1.165, 1.54) is 4.88 Å². The molecule has 0 spiro atoms. The molecular formula is C10H11N3S2. The highest BCUT2D eigenvalue weighted by molar-refractivity contribution is 7.71. The molecule has 0 saturated carbocycles. The van der Waals surface area contributed by atoms with Crippen LogP contribution in [0.1, 0.15) is 10.7 Å². The van der Waals surface area contributed by atoms with E-state index in [0.717, 1.165) is 12.2 Å². The number of allylic oxidation sites excluding steroid dienone is 1. The predicted molar refractivity (Wildman–Crippen MR) is 64.7 cm³/mol. The van der Waals surface area contributed by atoms with Gasteiger partial charge < -0.3 is 0 Å². The minimum absolute atomic E-state index is 0.654. The Bertz CT molecular complexity index is 493. The van der Waals surface area contributed by atoms with Gasteiger partial charge >= 0.3 is 0 Å². The van der Waals surface area contributed by atoms with Gasteiger partial charge in [0.25, 0.3) is 0 Å². The summed E-state index contributed by atoms with van der Waals surface area (Å²) in [5.41, 5.74) is 0. The molecule has 0 unspecified atom stereocenters. The van der Waals surface area contributed by atoms with E-state index >= 15 is 0 Å². The molecule has 0 saturated heterocycles. The lowest BCUT2D eigenvalue weighted by Gasteiger charge is -2.01. The third kappa shape index (κ3) is 2.24. The summed E-state index contributed by atoms with van der Waals surface area (Å²) in [6.07, 6.45) is 2.64. The van der Waals surface area contributed by atoms with Crippen LogP contribution in [0, 0.1) is 4.77 Å². The van der Waals surface area contributed by atoms with E-state index in [0.29, 0.717) is 11.3 Å². The molecule has 3 nitrogen and oxygen atoms in total. The Morgan fingerprint density at radius 3 is 3.20 bits per heavy atom. The van der Waals surface area contributed by atoms with Gasteiger partial charge in [0, 0.05) is 17.8 Å². The Morgan fingerprint density at radius 1 is 1.67 bits per heavy atom. The van der Waals surface area contributed by atoms with Crippen molar-refractivity contribution in [2.75, 3.05) is 0 Å². The van der Waals surface area contributed by atoms with E-state index in [4.69, 9.17) is 12.2 Å². The van der Waals surface area contributed by atoms with Gasteiger partial charge in [0.15, 0.2) is 4.77 Å². The first kappa shape index (κ1) is 10.3. The molecule has 0 bridgehead atoms. The Labute approximate surface area is 97.1 Å². The van der Waals surface area contributed by atoms with Crippen LogP contribution in [0.5, 0.6) is 0 Å². The zero-order valence-electron chi connectivity index (χ0n) is 8.14. The maximum atomic E-state index is 5.13. The summed E-state index contributed by atoms with van der Waals surface area (Å²) in [5, 5.41) is 9.08. The van der Waals surface area contributed by atoms with E-state index in [-0.39, 0.29) is 0 Å². The molecule has 0 atom stereocenters. The van der Waals surface area contributed by atoms with Crippen LogP contribution in [0.15, 0.2) is 30.2 Å². The fourth-order valence-electron chi connectivity index (χ4n) is 1.37. The van der Waals surface area contributed by atoms with Gasteiger partial charge in [-0.1, -0.05) is 12.1 Å². The Hall–Kier alpha value is -1.20. The fourth-order valence-corrected chi connectivity index (χ4v) is 2.30. The lowest BCUT2D eigenvalue weighted by molar-refractivity contribution is 0.752. The number of nitrogens with zero attached hydrogens (tertiary/aromatic N) is 2. The number of H-pyrrole nitrogens is 1. The van der Waals surface area contributed by atoms with E-state index < -0.39 is 0 Å². The van der Waals surface area contributed by atoms with Crippen molar-refractivity contribution in [2.45, 2.75) is 13.0 Å². The van der Waals surface area contributed by atoms with Crippen molar-refractivity contribution in [1.29, 1.82) is 0 Å². The molecule has 15 heavy (non-hydrogen) atoms. The van der Waals surface area contributed by atoms with Gasteiger partial charge in [-0.2, -0.15) is 5.10 Å². The Balaban J connectivity index is 2.28. The molecule has 0 amide bonds. The maximum absolute atomic E-state index is 5.13. The van der Waals surface area contributed by atoms with Gasteiger partial charge in [-0.15, -0.1) is 17.9 Å². The second kappa shape index (κ2) is 4.55. The number of hydrogen-bond donors (Lipinski definition) is 1. The highest BCUT2D eigenvalue weighted by Gasteiger charge is 2.05. The zero-order valence-corrected chi connectivity index (χ0v) is 9.77. The highest BCUT2D eigenvalue weighted by atomic mass is 32.1. The number of aromatic amines is 1. The van der Waals surface area contributed by atoms with Gasteiger partial charge in [-0.25, -0.2) is 0 Å². The van der Waals surface area contributed by atoms with Crippen LogP contribution in [0.3, 0.4) is 0 Å². The van der Waals surface area contributed by atoms with E-state index in [1.54, 1.807) is 11.3 Å². The summed E-state index contributed by atoms with van der Waals surface area (Å²) in [6.45, 7) is 4.41. The first-order valence-electron chi connectivity index (χ1n) is 4.58. The summed E-state index contributed by atoms with van der Waals surface area (Å²) in [6, 6.07) is 4.14. The molecule has 5 heteroatoms. The molecule has 2 aromatic heterocycles. The van der Waals surface area contributed by atoms with Crippen molar-refractivity contribution in [3.05, 3.63) is 45.6 Å². The van der Waals surface area contributed by atoms with Crippen LogP contribution in [-0.2, 0) is 13.0 Å². The standard InChI is InChI=1S/C10H11N3S2/c1-2-5-13-9(11-12-10(13)14)7-8-4-3-6-15-8/h2-4,6H,1,5,7H2,(H,12,14). The van der Waals surface area contributed by atoms with Gasteiger partial charge in [-0.05, 0) is 23.7 Å². The monoisotopic (exact) mass is 237 g/mol. The van der Waals surface area contributed by atoms with Crippen LogP contribution in [0.25, 0.3) is 0 Å². The number of aromatic nitrogens is 3. The van der Waals surface area contributed by atoms with Crippen molar-refractivity contribution in [2.24, 2.45) is 0 Å². The largest absolute Gasteiger partial charge is 0.300 e. The SMILES string of the molecule is C=CCn1c(Cc2cccs2)n[nH]c1=S. The fraction of sp³-hybridized carbons (Fsp3) is 0.200. The van der Waals surface area contributed by atoms with Gasteiger partial charge in [0.05, 0.1) is 0 Å². The van der Waals surface area contributed by atoms with Crippen molar-refractivity contribution in [3.63, 3.8) is 0 Å². The van der Waals surface area contributed by atoms with E-state index in [9.17, 15) is 0 Å². The molecule has 0 aliphatic rings. The lowest BCUT2D eigenvalue weighted by atomic mass is 10.3. The summed E-state index contributed by atoms with van der Waals surface area (Å²) in [4.78, 5) is 1.29. The summed E-state index contributed by atoms with van der Waals surface area (Å²) >= 11 is 6.86. The second-order valence-corrected chi connectivity index (χ2v) is 4.52. The molecule has 2 aromatic rings. The maximum Gasteiger partial charge on any atom is 0.195 e. The van der Waals surface area contributed by atoms with Crippen LogP contribution < -0.4 is 0 Å². The average Bonchev–Trinajstić information content (AvgIpc) is 2.83. The molecule has 0 aliphatic carbocycles. The Morgan fingerprint density at radius 2 is 2.53 bits per heavy atom. The third-order valence-corrected chi connectivity index (χ3v) is 3.25. The van der Waals surface area contributed by atoms with Crippen molar-refractivity contribution in [1.82, 2.24) is 14.8 Å². The molecule has 2 heterocycles. The van der Waals surface area contributed by atoms with Crippen LogP contribution in [0.4, 0.5) is 0 Å². The quantitative estimate of drug-likeness (QED) is 0.655. The van der Waals surface area contributed by atoms with Crippen LogP contribution in [-0.4, -0.2) is 14.8 Å². The number of thiophene rings is 1. The average molecular weight is 237 g/mol. The summed E-state index contributed by atoms with van der Waals surface area (Å²) in [5.74, 6) is 0.961. The van der Waals surface area contributed by atoms with Gasteiger partial charge in [0.2, 0.25) is 0 Å². The summed E-state index contributed by atoms with van der Waals surface area (Å²) < 4.78 is 2.61. The van der Waals surface area contributed by atoms with Gasteiger partial charge in [0.1, 0.15) is 5.82 Å². The predicted octanol–water partition coefficient (Wildman–Crippen LogP) is 2.78. The minimum atomic E-state index is 0.654. The number of hydrogen-bond acceptors (Lipinski definition) is 3. The second-order valence-electron chi connectivity index (χ2n) is 3.10. The smallest absolute Gasteiger partial charge is 0.195 e. The highest BCUT2D eigenvalue weighted by Crippen LogP contribution is 2.13. The van der Waals surface area contributed by atoms with E-state index in [2.05, 4.69) is 28.2 Å². The first-order valence-corrected chi connectivity index (χ1v) is 5.87. The van der Waals surface area contributed by atoms with Crippen LogP contribution in [0.2, 0.25) is 0 Å². The molecule has 0 fully saturated rings. The number of rotatable bonds is 4. The number of nitrogens with one attached hydrogen (secondary N) is 1. The molecule has 0 radical (unpaired) electrons. The molecule has 0 aliphatic heterocycles. The normalized spacial score (nSPS) is 10.4. The van der Waals surface area contributed by atoms with Gasteiger partial charge in [-0.3, -0.25) is 9.67 Å². The van der Waals surface area contributed by atoms with Crippen molar-refractivity contribution < 1.29 is 0 Å².